The maximum absolute atomic E-state index is 14.2. The Morgan fingerprint density at radius 3 is 2.58 bits per heavy atom. The van der Waals surface area contributed by atoms with Crippen LogP contribution in [0.3, 0.4) is 0 Å². The molecule has 2 N–H and O–H groups in total. The quantitative estimate of drug-likeness (QED) is 0.538. The molecule has 0 saturated carbocycles. The van der Waals surface area contributed by atoms with Gasteiger partial charge in [0, 0.05) is 17.0 Å². The fraction of sp³-hybridized carbons (Fsp3) is 0.158. The van der Waals surface area contributed by atoms with Crippen molar-refractivity contribution in [2.75, 3.05) is 0 Å². The molecule has 26 heavy (non-hydrogen) atoms. The molecule has 3 aromatic rings. The summed E-state index contributed by atoms with van der Waals surface area (Å²) in [5, 5.41) is 25.3. The number of aromatic hydroxyl groups is 2. The van der Waals surface area contributed by atoms with Crippen molar-refractivity contribution in [2.45, 2.75) is 19.9 Å². The summed E-state index contributed by atoms with van der Waals surface area (Å²) in [6.45, 7) is 3.91. The molecule has 0 aliphatic rings. The first-order valence-corrected chi connectivity index (χ1v) is 8.89. The van der Waals surface area contributed by atoms with Crippen LogP contribution in [0.2, 0.25) is 0 Å². The van der Waals surface area contributed by atoms with E-state index in [9.17, 15) is 14.6 Å². The molecule has 0 bridgehead atoms. The molecule has 0 atom stereocenters. The lowest BCUT2D eigenvalue weighted by Crippen LogP contribution is -2.14. The minimum Gasteiger partial charge on any atom is -0.504 e. The fourth-order valence-corrected chi connectivity index (χ4v) is 3.28. The number of nitrogens with zero attached hydrogens (tertiary/aromatic N) is 3. The molecule has 0 aliphatic carbocycles. The van der Waals surface area contributed by atoms with Crippen LogP contribution >= 0.6 is 11.3 Å². The van der Waals surface area contributed by atoms with Crippen molar-refractivity contribution in [2.24, 2.45) is 10.1 Å². The molecule has 0 saturated heterocycles. The third-order valence-electron chi connectivity index (χ3n) is 3.53. The molecule has 0 amide bonds. The average Bonchev–Trinajstić information content (AvgIpc) is 2.98. The minimum atomic E-state index is -0.340. The molecule has 7 heteroatoms. The normalized spacial score (nSPS) is 12.4. The zero-order valence-electron chi connectivity index (χ0n) is 14.3. The van der Waals surface area contributed by atoms with E-state index in [1.54, 1.807) is 28.9 Å². The summed E-state index contributed by atoms with van der Waals surface area (Å²) in [5.41, 5.74) is 1.61. The highest BCUT2D eigenvalue weighted by Crippen LogP contribution is 2.25. The van der Waals surface area contributed by atoms with Crippen LogP contribution in [0.15, 0.2) is 57.9 Å². The number of thiazole rings is 1. The van der Waals surface area contributed by atoms with Gasteiger partial charge in [-0.1, -0.05) is 12.1 Å². The SMILES string of the molecule is CC(C)N=c1scc(-c2ccccc2F)n1N=Cc1ccc(O)c(O)c1. The van der Waals surface area contributed by atoms with Gasteiger partial charge in [-0.05, 0) is 49.7 Å². The molecule has 2 aromatic carbocycles. The first-order chi connectivity index (χ1) is 12.5. The van der Waals surface area contributed by atoms with Crippen LogP contribution < -0.4 is 4.80 Å². The molecule has 0 radical (unpaired) electrons. The fourth-order valence-electron chi connectivity index (χ4n) is 2.32. The maximum atomic E-state index is 14.2. The Balaban J connectivity index is 2.12. The number of benzene rings is 2. The minimum absolute atomic E-state index is 0.0567. The number of halogens is 1. The van der Waals surface area contributed by atoms with Crippen LogP contribution in [0.1, 0.15) is 19.4 Å². The molecule has 0 aliphatic heterocycles. The van der Waals surface area contributed by atoms with Crippen molar-refractivity contribution in [3.05, 3.63) is 64.0 Å². The van der Waals surface area contributed by atoms with E-state index in [0.29, 0.717) is 21.6 Å². The molecule has 134 valence electrons. The molecule has 3 rings (SSSR count). The highest BCUT2D eigenvalue weighted by atomic mass is 32.1. The Hall–Kier alpha value is -2.93. The van der Waals surface area contributed by atoms with Gasteiger partial charge in [0.25, 0.3) is 0 Å². The van der Waals surface area contributed by atoms with E-state index in [1.807, 2.05) is 19.2 Å². The van der Waals surface area contributed by atoms with Gasteiger partial charge in [-0.2, -0.15) is 5.10 Å². The standard InChI is InChI=1S/C19H18FN3O2S/c1-12(2)22-19-23(21-10-13-7-8-17(24)18(25)9-13)16(11-26-19)14-5-3-4-6-15(14)20/h3-12,24-25H,1-2H3. The number of aromatic nitrogens is 1. The lowest BCUT2D eigenvalue weighted by atomic mass is 10.1. The van der Waals surface area contributed by atoms with Crippen LogP contribution in [0.4, 0.5) is 4.39 Å². The molecule has 1 heterocycles. The van der Waals surface area contributed by atoms with Crippen molar-refractivity contribution in [3.8, 4) is 22.8 Å². The van der Waals surface area contributed by atoms with Crippen molar-refractivity contribution in [1.29, 1.82) is 0 Å². The molecular weight excluding hydrogens is 353 g/mol. The Kier molecular flexibility index (Phi) is 5.18. The second-order valence-corrected chi connectivity index (χ2v) is 6.75. The molecule has 0 fully saturated rings. The van der Waals surface area contributed by atoms with Gasteiger partial charge in [0.1, 0.15) is 5.82 Å². The lowest BCUT2D eigenvalue weighted by Gasteiger charge is -2.05. The zero-order valence-corrected chi connectivity index (χ0v) is 15.1. The monoisotopic (exact) mass is 371 g/mol. The van der Waals surface area contributed by atoms with Crippen LogP contribution in [-0.2, 0) is 0 Å². The van der Waals surface area contributed by atoms with Gasteiger partial charge >= 0.3 is 0 Å². The number of phenolic OH excluding ortho intramolecular Hbond substituents is 2. The van der Waals surface area contributed by atoms with Crippen molar-refractivity contribution in [3.63, 3.8) is 0 Å². The first-order valence-electron chi connectivity index (χ1n) is 8.01. The van der Waals surface area contributed by atoms with Gasteiger partial charge in [0.05, 0.1) is 11.9 Å². The van der Waals surface area contributed by atoms with E-state index in [2.05, 4.69) is 10.1 Å². The largest absolute Gasteiger partial charge is 0.504 e. The van der Waals surface area contributed by atoms with Gasteiger partial charge in [0.15, 0.2) is 11.5 Å². The Labute approximate surface area is 154 Å². The van der Waals surface area contributed by atoms with Crippen molar-refractivity contribution in [1.82, 2.24) is 4.68 Å². The number of hydrogen-bond acceptors (Lipinski definition) is 5. The highest BCUT2D eigenvalue weighted by Gasteiger charge is 2.11. The lowest BCUT2D eigenvalue weighted by molar-refractivity contribution is 0.403. The predicted molar refractivity (Wildman–Crippen MR) is 101 cm³/mol. The molecular formula is C19H18FN3O2S. The average molecular weight is 371 g/mol. The van der Waals surface area contributed by atoms with E-state index >= 15 is 0 Å². The topological polar surface area (TPSA) is 70.1 Å². The summed E-state index contributed by atoms with van der Waals surface area (Å²) in [6.07, 6.45) is 1.52. The van der Waals surface area contributed by atoms with Crippen LogP contribution in [0.5, 0.6) is 11.5 Å². The third-order valence-corrected chi connectivity index (χ3v) is 4.36. The molecule has 0 unspecified atom stereocenters. The summed E-state index contributed by atoms with van der Waals surface area (Å²) in [7, 11) is 0. The second kappa shape index (κ2) is 7.53. The molecule has 1 aromatic heterocycles. The Bertz CT molecular complexity index is 1020. The molecule has 5 nitrogen and oxygen atoms in total. The Morgan fingerprint density at radius 1 is 1.12 bits per heavy atom. The maximum Gasteiger partial charge on any atom is 0.206 e. The first kappa shape index (κ1) is 17.9. The third kappa shape index (κ3) is 3.83. The van der Waals surface area contributed by atoms with Gasteiger partial charge < -0.3 is 10.2 Å². The zero-order chi connectivity index (χ0) is 18.7. The van der Waals surface area contributed by atoms with Crippen molar-refractivity contribution >= 4 is 17.6 Å². The van der Waals surface area contributed by atoms with E-state index in [1.165, 1.54) is 35.8 Å². The van der Waals surface area contributed by atoms with E-state index in [-0.39, 0.29) is 23.4 Å². The van der Waals surface area contributed by atoms with Crippen LogP contribution in [0, 0.1) is 5.82 Å². The highest BCUT2D eigenvalue weighted by molar-refractivity contribution is 7.07. The number of rotatable bonds is 4. The summed E-state index contributed by atoms with van der Waals surface area (Å²) in [5.74, 6) is -0.772. The number of hydrogen-bond donors (Lipinski definition) is 2. The Morgan fingerprint density at radius 2 is 1.88 bits per heavy atom. The van der Waals surface area contributed by atoms with Crippen LogP contribution in [0.25, 0.3) is 11.3 Å². The molecule has 0 spiro atoms. The van der Waals surface area contributed by atoms with E-state index < -0.39 is 0 Å². The van der Waals surface area contributed by atoms with Gasteiger partial charge in [0.2, 0.25) is 4.80 Å². The van der Waals surface area contributed by atoms with E-state index in [4.69, 9.17) is 0 Å². The summed E-state index contributed by atoms with van der Waals surface area (Å²) in [6, 6.07) is 10.9. The smallest absolute Gasteiger partial charge is 0.206 e. The van der Waals surface area contributed by atoms with Gasteiger partial charge in [-0.15, -0.1) is 11.3 Å². The summed E-state index contributed by atoms with van der Waals surface area (Å²) in [4.78, 5) is 5.17. The summed E-state index contributed by atoms with van der Waals surface area (Å²) >= 11 is 1.38. The van der Waals surface area contributed by atoms with Gasteiger partial charge in [-0.3, -0.25) is 4.99 Å². The van der Waals surface area contributed by atoms with Gasteiger partial charge in [-0.25, -0.2) is 9.07 Å². The second-order valence-electron chi connectivity index (χ2n) is 5.91. The summed E-state index contributed by atoms with van der Waals surface area (Å²) < 4.78 is 15.8. The predicted octanol–water partition coefficient (Wildman–Crippen LogP) is 3.96. The van der Waals surface area contributed by atoms with Crippen LogP contribution in [-0.4, -0.2) is 27.1 Å². The van der Waals surface area contributed by atoms with Crippen molar-refractivity contribution < 1.29 is 14.6 Å². The van der Waals surface area contributed by atoms with E-state index in [0.717, 1.165) is 0 Å². The number of phenols is 2.